The predicted octanol–water partition coefficient (Wildman–Crippen LogP) is 2.40. The van der Waals surface area contributed by atoms with Crippen LogP contribution in [0.15, 0.2) is 24.1 Å². The van der Waals surface area contributed by atoms with E-state index in [1.165, 1.54) is 0 Å². The molecule has 11 heavy (non-hydrogen) atoms. The third kappa shape index (κ3) is 2.22. The van der Waals surface area contributed by atoms with Crippen molar-refractivity contribution in [1.82, 2.24) is 0 Å². The second-order valence-electron chi connectivity index (χ2n) is 3.42. The van der Waals surface area contributed by atoms with E-state index in [0.717, 1.165) is 11.5 Å². The summed E-state index contributed by atoms with van der Waals surface area (Å²) in [6.07, 6.45) is 5.89. The van der Waals surface area contributed by atoms with E-state index in [-0.39, 0.29) is 0 Å². The molecule has 0 saturated carbocycles. The second kappa shape index (κ2) is 3.76. The van der Waals surface area contributed by atoms with Crippen LogP contribution in [0.3, 0.4) is 0 Å². The Morgan fingerprint density at radius 3 is 2.36 bits per heavy atom. The van der Waals surface area contributed by atoms with Crippen molar-refractivity contribution in [2.45, 2.75) is 26.3 Å². The van der Waals surface area contributed by atoms with Crippen molar-refractivity contribution >= 4 is 9.04 Å². The average Bonchev–Trinajstić information content (AvgIpc) is 2.05. The van der Waals surface area contributed by atoms with E-state index < -0.39 is 9.04 Å². The first-order chi connectivity index (χ1) is 5.22. The second-order valence-corrected chi connectivity index (χ2v) is 6.06. The maximum Gasteiger partial charge on any atom is 0.262 e. The van der Waals surface area contributed by atoms with Crippen molar-refractivity contribution in [1.29, 1.82) is 0 Å². The maximum atomic E-state index is 5.57. The Kier molecular flexibility index (Phi) is 2.94. The van der Waals surface area contributed by atoms with Gasteiger partial charge in [-0.05, 0) is 17.5 Å². The van der Waals surface area contributed by atoms with E-state index in [1.54, 1.807) is 0 Å². The molecule has 1 aliphatic heterocycles. The number of hydrogen-bond donors (Lipinski definition) is 0. The number of hydrogen-bond acceptors (Lipinski definition) is 1. The molecule has 0 fully saturated rings. The monoisotopic (exact) mass is 168 g/mol. The minimum Gasteiger partial charge on any atom is -0.548 e. The van der Waals surface area contributed by atoms with Gasteiger partial charge in [0, 0.05) is 0 Å². The molecule has 0 aromatic rings. The van der Waals surface area contributed by atoms with Gasteiger partial charge in [-0.25, -0.2) is 0 Å². The molecule has 0 radical (unpaired) electrons. The molecule has 2 heteroatoms. The van der Waals surface area contributed by atoms with E-state index >= 15 is 0 Å². The van der Waals surface area contributed by atoms with Crippen LogP contribution in [0.5, 0.6) is 0 Å². The summed E-state index contributed by atoms with van der Waals surface area (Å²) in [5, 5.41) is 0. The van der Waals surface area contributed by atoms with Gasteiger partial charge in [0.15, 0.2) is 0 Å². The summed E-state index contributed by atoms with van der Waals surface area (Å²) in [7, 11) is -1.05. The highest BCUT2D eigenvalue weighted by atomic mass is 28.3. The Morgan fingerprint density at radius 1 is 1.18 bits per heavy atom. The van der Waals surface area contributed by atoms with Crippen LogP contribution in [0.2, 0.25) is 5.54 Å². The molecule has 0 N–H and O–H groups in total. The average molecular weight is 168 g/mol. The zero-order chi connectivity index (χ0) is 8.27. The van der Waals surface area contributed by atoms with Gasteiger partial charge in [0.05, 0.1) is 6.26 Å². The molecule has 2 unspecified atom stereocenters. The highest BCUT2D eigenvalue weighted by Crippen LogP contribution is 2.22. The fourth-order valence-electron chi connectivity index (χ4n) is 1.08. The molecule has 0 aromatic heterocycles. The maximum absolute atomic E-state index is 5.57. The Labute approximate surface area is 70.5 Å². The summed E-state index contributed by atoms with van der Waals surface area (Å²) in [4.78, 5) is 0. The number of allylic oxidation sites excluding steroid dienone is 2. The van der Waals surface area contributed by atoms with Crippen LogP contribution in [-0.2, 0) is 4.43 Å². The lowest BCUT2D eigenvalue weighted by atomic mass is 10.1. The first kappa shape index (κ1) is 8.59. The Hall–Kier alpha value is -0.503. The van der Waals surface area contributed by atoms with Gasteiger partial charge in [0.1, 0.15) is 0 Å². The quantitative estimate of drug-likeness (QED) is 0.575. The zero-order valence-corrected chi connectivity index (χ0v) is 8.60. The molecular formula is C9H16OSi. The van der Waals surface area contributed by atoms with Crippen LogP contribution in [0.1, 0.15) is 20.8 Å². The summed E-state index contributed by atoms with van der Waals surface area (Å²) in [5.41, 5.74) is 2.99. The minimum absolute atomic E-state index is 0.733. The molecule has 0 saturated heterocycles. The summed E-state index contributed by atoms with van der Waals surface area (Å²) < 4.78 is 5.57. The third-order valence-electron chi connectivity index (χ3n) is 2.30. The van der Waals surface area contributed by atoms with Gasteiger partial charge in [-0.3, -0.25) is 0 Å². The van der Waals surface area contributed by atoms with Gasteiger partial charge in [-0.1, -0.05) is 32.5 Å². The van der Waals surface area contributed by atoms with Crippen LogP contribution in [-0.4, -0.2) is 9.04 Å². The van der Waals surface area contributed by atoms with Gasteiger partial charge in [0.2, 0.25) is 0 Å². The lowest BCUT2D eigenvalue weighted by Gasteiger charge is -2.23. The summed E-state index contributed by atoms with van der Waals surface area (Å²) >= 11 is 0. The van der Waals surface area contributed by atoms with Crippen molar-refractivity contribution in [3.63, 3.8) is 0 Å². The lowest BCUT2D eigenvalue weighted by molar-refractivity contribution is 0.457. The molecule has 0 aromatic carbocycles. The predicted molar refractivity (Wildman–Crippen MR) is 50.8 cm³/mol. The molecule has 0 aliphatic carbocycles. The Bertz CT molecular complexity index is 172. The fraction of sp³-hybridized carbons (Fsp3) is 0.556. The van der Waals surface area contributed by atoms with Crippen molar-refractivity contribution < 1.29 is 4.43 Å². The molecular weight excluding hydrogens is 152 g/mol. The SMILES string of the molecule is CC(C)C(C)[SiH]1C=CC=CO1. The molecule has 0 spiro atoms. The topological polar surface area (TPSA) is 9.23 Å². The standard InChI is InChI=1S/C9H16OSi/c1-8(2)9(3)11-7-5-4-6-10-11/h4-9,11H,1-3H3. The lowest BCUT2D eigenvalue weighted by Crippen LogP contribution is -2.23. The highest BCUT2D eigenvalue weighted by molar-refractivity contribution is 6.59. The van der Waals surface area contributed by atoms with Gasteiger partial charge in [-0.15, -0.1) is 0 Å². The number of rotatable bonds is 2. The van der Waals surface area contributed by atoms with Gasteiger partial charge in [0.25, 0.3) is 9.04 Å². The molecule has 1 rings (SSSR count). The normalized spacial score (nSPS) is 25.3. The van der Waals surface area contributed by atoms with Crippen molar-refractivity contribution in [3.05, 3.63) is 24.1 Å². The van der Waals surface area contributed by atoms with E-state index in [9.17, 15) is 0 Å². The molecule has 0 amide bonds. The van der Waals surface area contributed by atoms with Crippen LogP contribution in [0, 0.1) is 5.92 Å². The summed E-state index contributed by atoms with van der Waals surface area (Å²) in [6, 6.07) is 0. The van der Waals surface area contributed by atoms with E-state index in [1.807, 2.05) is 12.3 Å². The fourth-order valence-corrected chi connectivity index (χ4v) is 3.15. The van der Waals surface area contributed by atoms with Crippen molar-refractivity contribution in [3.8, 4) is 0 Å². The van der Waals surface area contributed by atoms with Crippen LogP contribution in [0.25, 0.3) is 0 Å². The molecule has 62 valence electrons. The van der Waals surface area contributed by atoms with Crippen molar-refractivity contribution in [2.24, 2.45) is 5.92 Å². The first-order valence-corrected chi connectivity index (χ1v) is 6.01. The van der Waals surface area contributed by atoms with Crippen LogP contribution >= 0.6 is 0 Å². The van der Waals surface area contributed by atoms with E-state index in [2.05, 4.69) is 32.5 Å². The van der Waals surface area contributed by atoms with Gasteiger partial charge >= 0.3 is 0 Å². The van der Waals surface area contributed by atoms with Crippen molar-refractivity contribution in [2.75, 3.05) is 0 Å². The minimum atomic E-state index is -1.05. The molecule has 2 atom stereocenters. The Balaban J connectivity index is 2.48. The summed E-state index contributed by atoms with van der Waals surface area (Å²) in [5.74, 6) is 0.739. The third-order valence-corrected chi connectivity index (χ3v) is 5.18. The molecule has 0 bridgehead atoms. The molecule has 1 aliphatic rings. The summed E-state index contributed by atoms with van der Waals surface area (Å²) in [6.45, 7) is 6.80. The zero-order valence-electron chi connectivity index (χ0n) is 7.45. The molecule has 1 heterocycles. The van der Waals surface area contributed by atoms with E-state index in [4.69, 9.17) is 4.43 Å². The van der Waals surface area contributed by atoms with Crippen LogP contribution < -0.4 is 0 Å². The largest absolute Gasteiger partial charge is 0.548 e. The van der Waals surface area contributed by atoms with E-state index in [0.29, 0.717) is 0 Å². The molecule has 1 nitrogen and oxygen atoms in total. The smallest absolute Gasteiger partial charge is 0.262 e. The highest BCUT2D eigenvalue weighted by Gasteiger charge is 2.21. The Morgan fingerprint density at radius 2 is 1.91 bits per heavy atom. The van der Waals surface area contributed by atoms with Gasteiger partial charge in [-0.2, -0.15) is 0 Å². The first-order valence-electron chi connectivity index (χ1n) is 4.20. The van der Waals surface area contributed by atoms with Crippen LogP contribution in [0.4, 0.5) is 0 Å². The van der Waals surface area contributed by atoms with Gasteiger partial charge < -0.3 is 4.43 Å².